The summed E-state index contributed by atoms with van der Waals surface area (Å²) >= 11 is 0. The molecule has 1 amide bonds. The average Bonchev–Trinajstić information content (AvgIpc) is 2.81. The first-order valence-electron chi connectivity index (χ1n) is 6.92. The van der Waals surface area contributed by atoms with E-state index in [0.717, 1.165) is 25.7 Å². The topological polar surface area (TPSA) is 64.3 Å². The molecule has 0 aromatic rings. The number of rotatable bonds is 4. The number of hydrogen-bond acceptors (Lipinski definition) is 3. The first-order chi connectivity index (χ1) is 8.25. The minimum atomic E-state index is 0.0228. The molecule has 2 fully saturated rings. The van der Waals surface area contributed by atoms with Gasteiger partial charge in [-0.2, -0.15) is 0 Å². The fourth-order valence-corrected chi connectivity index (χ4v) is 2.85. The normalized spacial score (nSPS) is 30.4. The summed E-state index contributed by atoms with van der Waals surface area (Å²) in [6.45, 7) is 0.175. The molecule has 17 heavy (non-hydrogen) atoms. The SMILES string of the molecule is NC1CCCCC1OCC(=O)NC1CCCC1. The number of hydrogen-bond donors (Lipinski definition) is 2. The van der Waals surface area contributed by atoms with Crippen molar-refractivity contribution >= 4 is 5.91 Å². The molecule has 0 radical (unpaired) electrons. The van der Waals surface area contributed by atoms with Gasteiger partial charge in [0.2, 0.25) is 5.91 Å². The Kier molecular flexibility index (Phi) is 4.80. The number of nitrogens with one attached hydrogen (secondary N) is 1. The minimum absolute atomic E-state index is 0.0228. The van der Waals surface area contributed by atoms with Gasteiger partial charge in [-0.3, -0.25) is 4.79 Å². The molecule has 2 atom stereocenters. The molecule has 0 aliphatic heterocycles. The third-order valence-electron chi connectivity index (χ3n) is 3.90. The van der Waals surface area contributed by atoms with E-state index in [0.29, 0.717) is 6.04 Å². The van der Waals surface area contributed by atoms with E-state index in [1.165, 1.54) is 25.7 Å². The van der Waals surface area contributed by atoms with E-state index in [-0.39, 0.29) is 24.7 Å². The molecule has 98 valence electrons. The maximum atomic E-state index is 11.7. The van der Waals surface area contributed by atoms with E-state index in [9.17, 15) is 4.79 Å². The van der Waals surface area contributed by atoms with Crippen LogP contribution in [0.5, 0.6) is 0 Å². The van der Waals surface area contributed by atoms with Gasteiger partial charge in [-0.05, 0) is 25.7 Å². The van der Waals surface area contributed by atoms with Crippen LogP contribution in [0.15, 0.2) is 0 Å². The van der Waals surface area contributed by atoms with E-state index in [2.05, 4.69) is 5.32 Å². The summed E-state index contributed by atoms with van der Waals surface area (Å²) in [6.07, 6.45) is 9.17. The molecule has 0 saturated heterocycles. The van der Waals surface area contributed by atoms with Gasteiger partial charge in [-0.25, -0.2) is 0 Å². The molecule has 2 unspecified atom stereocenters. The fourth-order valence-electron chi connectivity index (χ4n) is 2.85. The molecule has 2 saturated carbocycles. The number of carbonyl (C=O) groups is 1. The third kappa shape index (κ3) is 3.96. The lowest BCUT2D eigenvalue weighted by Crippen LogP contribution is -2.42. The molecule has 2 aliphatic carbocycles. The Morgan fingerprint density at radius 2 is 1.76 bits per heavy atom. The van der Waals surface area contributed by atoms with Crippen LogP contribution in [0.3, 0.4) is 0 Å². The lowest BCUT2D eigenvalue weighted by molar-refractivity contribution is -0.129. The van der Waals surface area contributed by atoms with E-state index in [4.69, 9.17) is 10.5 Å². The van der Waals surface area contributed by atoms with E-state index < -0.39 is 0 Å². The zero-order chi connectivity index (χ0) is 12.1. The average molecular weight is 240 g/mol. The van der Waals surface area contributed by atoms with E-state index >= 15 is 0 Å². The van der Waals surface area contributed by atoms with E-state index in [1.807, 2.05) is 0 Å². The van der Waals surface area contributed by atoms with Crippen LogP contribution in [0.25, 0.3) is 0 Å². The fraction of sp³-hybridized carbons (Fsp3) is 0.923. The first kappa shape index (κ1) is 12.8. The van der Waals surface area contributed by atoms with Gasteiger partial charge in [0.1, 0.15) is 6.61 Å². The van der Waals surface area contributed by atoms with Gasteiger partial charge >= 0.3 is 0 Å². The van der Waals surface area contributed by atoms with Crippen LogP contribution >= 0.6 is 0 Å². The monoisotopic (exact) mass is 240 g/mol. The van der Waals surface area contributed by atoms with Gasteiger partial charge in [0, 0.05) is 12.1 Å². The zero-order valence-electron chi connectivity index (χ0n) is 10.5. The van der Waals surface area contributed by atoms with Crippen molar-refractivity contribution in [1.82, 2.24) is 5.32 Å². The van der Waals surface area contributed by atoms with Gasteiger partial charge in [0.15, 0.2) is 0 Å². The summed E-state index contributed by atoms with van der Waals surface area (Å²) in [4.78, 5) is 11.7. The molecule has 0 spiro atoms. The predicted octanol–water partition coefficient (Wildman–Crippen LogP) is 1.33. The number of nitrogens with two attached hydrogens (primary N) is 1. The second-order valence-electron chi connectivity index (χ2n) is 5.35. The molecule has 4 heteroatoms. The Bertz CT molecular complexity index is 252. The molecular weight excluding hydrogens is 216 g/mol. The highest BCUT2D eigenvalue weighted by Crippen LogP contribution is 2.20. The van der Waals surface area contributed by atoms with Gasteiger partial charge in [0.05, 0.1) is 6.10 Å². The molecule has 3 N–H and O–H groups in total. The molecule has 2 rings (SSSR count). The van der Waals surface area contributed by atoms with Crippen molar-refractivity contribution < 1.29 is 9.53 Å². The Labute approximate surface area is 103 Å². The predicted molar refractivity (Wildman–Crippen MR) is 66.6 cm³/mol. The highest BCUT2D eigenvalue weighted by atomic mass is 16.5. The summed E-state index contributed by atoms with van der Waals surface area (Å²) in [5.41, 5.74) is 5.97. The Morgan fingerprint density at radius 3 is 2.47 bits per heavy atom. The Hall–Kier alpha value is -0.610. The van der Waals surface area contributed by atoms with Crippen molar-refractivity contribution in [3.05, 3.63) is 0 Å². The van der Waals surface area contributed by atoms with Gasteiger partial charge in [-0.15, -0.1) is 0 Å². The molecule has 0 aromatic carbocycles. The maximum Gasteiger partial charge on any atom is 0.246 e. The quantitative estimate of drug-likeness (QED) is 0.779. The molecular formula is C13H24N2O2. The summed E-state index contributed by atoms with van der Waals surface area (Å²) in [5, 5.41) is 3.03. The largest absolute Gasteiger partial charge is 0.367 e. The van der Waals surface area contributed by atoms with Crippen molar-refractivity contribution in [2.45, 2.75) is 69.6 Å². The lowest BCUT2D eigenvalue weighted by atomic mass is 9.93. The van der Waals surface area contributed by atoms with Crippen LogP contribution in [0.1, 0.15) is 51.4 Å². The van der Waals surface area contributed by atoms with Crippen molar-refractivity contribution in [3.8, 4) is 0 Å². The smallest absolute Gasteiger partial charge is 0.246 e. The van der Waals surface area contributed by atoms with Crippen molar-refractivity contribution in [1.29, 1.82) is 0 Å². The maximum absolute atomic E-state index is 11.7. The summed E-state index contributed by atoms with van der Waals surface area (Å²) < 4.78 is 5.63. The highest BCUT2D eigenvalue weighted by molar-refractivity contribution is 5.77. The number of amides is 1. The Balaban J connectivity index is 1.64. The van der Waals surface area contributed by atoms with Crippen molar-refractivity contribution in [2.75, 3.05) is 6.61 Å². The van der Waals surface area contributed by atoms with Crippen molar-refractivity contribution in [2.24, 2.45) is 5.73 Å². The number of carbonyl (C=O) groups excluding carboxylic acids is 1. The van der Waals surface area contributed by atoms with Crippen molar-refractivity contribution in [3.63, 3.8) is 0 Å². The molecule has 0 heterocycles. The third-order valence-corrected chi connectivity index (χ3v) is 3.90. The minimum Gasteiger partial charge on any atom is -0.367 e. The van der Waals surface area contributed by atoms with Crippen LogP contribution in [0, 0.1) is 0 Å². The zero-order valence-corrected chi connectivity index (χ0v) is 10.5. The van der Waals surface area contributed by atoms with Gasteiger partial charge in [0.25, 0.3) is 0 Å². The summed E-state index contributed by atoms with van der Waals surface area (Å²) in [7, 11) is 0. The molecule has 0 aromatic heterocycles. The summed E-state index contributed by atoms with van der Waals surface area (Å²) in [6, 6.07) is 0.495. The lowest BCUT2D eigenvalue weighted by Gasteiger charge is -2.28. The van der Waals surface area contributed by atoms with E-state index in [1.54, 1.807) is 0 Å². The molecule has 4 nitrogen and oxygen atoms in total. The van der Waals surface area contributed by atoms with Gasteiger partial charge in [-0.1, -0.05) is 25.7 Å². The molecule has 0 bridgehead atoms. The summed E-state index contributed by atoms with van der Waals surface area (Å²) in [5.74, 6) is 0.0228. The highest BCUT2D eigenvalue weighted by Gasteiger charge is 2.24. The van der Waals surface area contributed by atoms with Crippen LogP contribution in [0.2, 0.25) is 0 Å². The van der Waals surface area contributed by atoms with Crippen LogP contribution in [-0.2, 0) is 9.53 Å². The van der Waals surface area contributed by atoms with Crippen LogP contribution < -0.4 is 11.1 Å². The number of ether oxygens (including phenoxy) is 1. The second kappa shape index (κ2) is 6.36. The van der Waals surface area contributed by atoms with Crippen LogP contribution in [0.4, 0.5) is 0 Å². The first-order valence-corrected chi connectivity index (χ1v) is 6.92. The second-order valence-corrected chi connectivity index (χ2v) is 5.35. The van der Waals surface area contributed by atoms with Gasteiger partial charge < -0.3 is 15.8 Å². The standard InChI is InChI=1S/C13H24N2O2/c14-11-7-3-4-8-12(11)17-9-13(16)15-10-5-1-2-6-10/h10-12H,1-9,14H2,(H,15,16). The molecule has 2 aliphatic rings. The Morgan fingerprint density at radius 1 is 1.12 bits per heavy atom. The van der Waals surface area contributed by atoms with Crippen LogP contribution in [-0.4, -0.2) is 30.7 Å².